The lowest BCUT2D eigenvalue weighted by atomic mass is 10.1. The van der Waals surface area contributed by atoms with Gasteiger partial charge in [0.05, 0.1) is 4.92 Å². The van der Waals surface area contributed by atoms with Gasteiger partial charge in [-0.25, -0.2) is 0 Å². The Kier molecular flexibility index (Phi) is 4.77. The smallest absolute Gasteiger partial charge is 0.288 e. The highest BCUT2D eigenvalue weighted by Crippen LogP contribution is 2.26. The molecule has 0 aliphatic heterocycles. The van der Waals surface area contributed by atoms with Crippen LogP contribution in [0.3, 0.4) is 0 Å². The summed E-state index contributed by atoms with van der Waals surface area (Å²) in [5, 5.41) is 13.6. The predicted molar refractivity (Wildman–Crippen MR) is 97.9 cm³/mol. The Morgan fingerprint density at radius 3 is 2.20 bits per heavy atom. The molecule has 5 nitrogen and oxygen atoms in total. The zero-order valence-electron chi connectivity index (χ0n) is 13.0. The third kappa shape index (κ3) is 3.84. The molecular weight excluding hydrogens is 340 g/mol. The van der Waals surface area contributed by atoms with Crippen molar-refractivity contribution in [2.75, 3.05) is 5.32 Å². The Labute approximate surface area is 149 Å². The maximum absolute atomic E-state index is 12.3. The number of amides is 1. The first kappa shape index (κ1) is 16.7. The summed E-state index contributed by atoms with van der Waals surface area (Å²) >= 11 is 5.76. The molecule has 0 atom stereocenters. The van der Waals surface area contributed by atoms with Gasteiger partial charge in [0.1, 0.15) is 5.02 Å². The van der Waals surface area contributed by atoms with E-state index in [1.165, 1.54) is 12.1 Å². The molecule has 0 bridgehead atoms. The number of carbonyl (C=O) groups is 1. The zero-order chi connectivity index (χ0) is 17.8. The van der Waals surface area contributed by atoms with Gasteiger partial charge in [-0.05, 0) is 35.4 Å². The van der Waals surface area contributed by atoms with Crippen molar-refractivity contribution < 1.29 is 9.72 Å². The van der Waals surface area contributed by atoms with Crippen LogP contribution < -0.4 is 5.32 Å². The standard InChI is InChI=1S/C19H13ClN2O3/c20-17-11-8-15(12-18(17)22(24)25)19(23)21-16-9-6-14(7-10-16)13-4-2-1-3-5-13/h1-12H,(H,21,23). The van der Waals surface area contributed by atoms with Gasteiger partial charge in [0, 0.05) is 17.3 Å². The largest absolute Gasteiger partial charge is 0.322 e. The number of rotatable bonds is 4. The van der Waals surface area contributed by atoms with E-state index in [-0.39, 0.29) is 16.3 Å². The highest BCUT2D eigenvalue weighted by atomic mass is 35.5. The quantitative estimate of drug-likeness (QED) is 0.520. The van der Waals surface area contributed by atoms with Crippen LogP contribution in [0.15, 0.2) is 72.8 Å². The van der Waals surface area contributed by atoms with E-state index in [1.54, 1.807) is 12.1 Å². The molecule has 0 saturated heterocycles. The molecule has 3 rings (SSSR count). The SMILES string of the molecule is O=C(Nc1ccc(-c2ccccc2)cc1)c1ccc(Cl)c([N+](=O)[O-])c1. The predicted octanol–water partition coefficient (Wildman–Crippen LogP) is 5.17. The third-order valence-corrected chi connectivity index (χ3v) is 3.97. The molecule has 0 fully saturated rings. The number of carbonyl (C=O) groups excluding carboxylic acids is 1. The van der Waals surface area contributed by atoms with Gasteiger partial charge in [-0.3, -0.25) is 14.9 Å². The Morgan fingerprint density at radius 1 is 0.920 bits per heavy atom. The molecule has 3 aromatic rings. The number of nitrogens with zero attached hydrogens (tertiary/aromatic N) is 1. The molecule has 0 spiro atoms. The van der Waals surface area contributed by atoms with Crippen molar-refractivity contribution in [3.8, 4) is 11.1 Å². The molecule has 0 saturated carbocycles. The van der Waals surface area contributed by atoms with Gasteiger partial charge in [0.2, 0.25) is 0 Å². The fourth-order valence-corrected chi connectivity index (χ4v) is 2.56. The van der Waals surface area contributed by atoms with Crippen LogP contribution in [0.5, 0.6) is 0 Å². The Bertz CT molecular complexity index is 925. The van der Waals surface area contributed by atoms with Gasteiger partial charge in [0.25, 0.3) is 11.6 Å². The molecule has 0 unspecified atom stereocenters. The number of nitro groups is 1. The highest BCUT2D eigenvalue weighted by molar-refractivity contribution is 6.32. The summed E-state index contributed by atoms with van der Waals surface area (Å²) in [6.07, 6.45) is 0. The number of hydrogen-bond donors (Lipinski definition) is 1. The lowest BCUT2D eigenvalue weighted by Gasteiger charge is -2.07. The molecule has 0 aliphatic carbocycles. The van der Waals surface area contributed by atoms with Crippen LogP contribution in [0, 0.1) is 10.1 Å². The normalized spacial score (nSPS) is 10.3. The van der Waals surface area contributed by atoms with Crippen molar-refractivity contribution in [2.45, 2.75) is 0 Å². The number of benzene rings is 3. The molecule has 1 N–H and O–H groups in total. The van der Waals surface area contributed by atoms with Gasteiger partial charge < -0.3 is 5.32 Å². The summed E-state index contributed by atoms with van der Waals surface area (Å²) in [6.45, 7) is 0. The lowest BCUT2D eigenvalue weighted by molar-refractivity contribution is -0.384. The fourth-order valence-electron chi connectivity index (χ4n) is 2.37. The fraction of sp³-hybridized carbons (Fsp3) is 0. The number of hydrogen-bond acceptors (Lipinski definition) is 3. The van der Waals surface area contributed by atoms with Crippen LogP contribution in [-0.4, -0.2) is 10.8 Å². The Morgan fingerprint density at radius 2 is 1.56 bits per heavy atom. The minimum absolute atomic E-state index is 0.00577. The van der Waals surface area contributed by atoms with Gasteiger partial charge in [-0.2, -0.15) is 0 Å². The summed E-state index contributed by atoms with van der Waals surface area (Å²) in [5.74, 6) is -0.438. The van der Waals surface area contributed by atoms with Crippen LogP contribution in [0.1, 0.15) is 10.4 Å². The molecule has 0 heterocycles. The topological polar surface area (TPSA) is 72.2 Å². The maximum Gasteiger partial charge on any atom is 0.288 e. The maximum atomic E-state index is 12.3. The lowest BCUT2D eigenvalue weighted by Crippen LogP contribution is -2.12. The Balaban J connectivity index is 1.77. The monoisotopic (exact) mass is 352 g/mol. The van der Waals surface area contributed by atoms with Crippen LogP contribution in [0.4, 0.5) is 11.4 Å². The van der Waals surface area contributed by atoms with E-state index in [0.29, 0.717) is 5.69 Å². The van der Waals surface area contributed by atoms with E-state index in [9.17, 15) is 14.9 Å². The first-order valence-corrected chi connectivity index (χ1v) is 7.83. The molecule has 0 radical (unpaired) electrons. The molecule has 6 heteroatoms. The first-order chi connectivity index (χ1) is 12.0. The Hall–Kier alpha value is -3.18. The average molecular weight is 353 g/mol. The first-order valence-electron chi connectivity index (χ1n) is 7.45. The second-order valence-corrected chi connectivity index (χ2v) is 5.73. The van der Waals surface area contributed by atoms with Crippen LogP contribution >= 0.6 is 11.6 Å². The van der Waals surface area contributed by atoms with Crippen LogP contribution in [-0.2, 0) is 0 Å². The molecule has 124 valence electrons. The van der Waals surface area contributed by atoms with Crippen molar-refractivity contribution in [3.05, 3.63) is 93.5 Å². The van der Waals surface area contributed by atoms with Gasteiger partial charge in [-0.1, -0.05) is 54.1 Å². The number of nitrogens with one attached hydrogen (secondary N) is 1. The van der Waals surface area contributed by atoms with E-state index in [4.69, 9.17) is 11.6 Å². The van der Waals surface area contributed by atoms with Crippen molar-refractivity contribution in [3.63, 3.8) is 0 Å². The summed E-state index contributed by atoms with van der Waals surface area (Å²) in [6, 6.07) is 21.2. The number of nitro benzene ring substituents is 1. The molecule has 25 heavy (non-hydrogen) atoms. The van der Waals surface area contributed by atoms with E-state index in [0.717, 1.165) is 17.2 Å². The van der Waals surface area contributed by atoms with Crippen LogP contribution in [0.2, 0.25) is 5.02 Å². The summed E-state index contributed by atoms with van der Waals surface area (Å²) in [5.41, 5.74) is 2.58. The summed E-state index contributed by atoms with van der Waals surface area (Å²) in [7, 11) is 0. The van der Waals surface area contributed by atoms with Crippen molar-refractivity contribution >= 4 is 28.9 Å². The number of anilines is 1. The summed E-state index contributed by atoms with van der Waals surface area (Å²) in [4.78, 5) is 22.6. The van der Waals surface area contributed by atoms with Gasteiger partial charge >= 0.3 is 0 Å². The zero-order valence-corrected chi connectivity index (χ0v) is 13.7. The summed E-state index contributed by atoms with van der Waals surface area (Å²) < 4.78 is 0. The second-order valence-electron chi connectivity index (χ2n) is 5.32. The van der Waals surface area contributed by atoms with E-state index in [2.05, 4.69) is 5.32 Å². The second kappa shape index (κ2) is 7.15. The molecule has 0 aromatic heterocycles. The third-order valence-electron chi connectivity index (χ3n) is 3.65. The van der Waals surface area contributed by atoms with Crippen molar-refractivity contribution in [1.29, 1.82) is 0 Å². The number of halogens is 1. The molecular formula is C19H13ClN2O3. The van der Waals surface area contributed by atoms with Crippen molar-refractivity contribution in [1.82, 2.24) is 0 Å². The minimum Gasteiger partial charge on any atom is -0.322 e. The molecule has 1 amide bonds. The average Bonchev–Trinajstić information content (AvgIpc) is 2.63. The van der Waals surface area contributed by atoms with Gasteiger partial charge in [-0.15, -0.1) is 0 Å². The van der Waals surface area contributed by atoms with Crippen molar-refractivity contribution in [2.24, 2.45) is 0 Å². The van der Waals surface area contributed by atoms with E-state index < -0.39 is 10.8 Å². The highest BCUT2D eigenvalue weighted by Gasteiger charge is 2.16. The van der Waals surface area contributed by atoms with Gasteiger partial charge in [0.15, 0.2) is 0 Å². The molecule has 3 aromatic carbocycles. The van der Waals surface area contributed by atoms with E-state index >= 15 is 0 Å². The van der Waals surface area contributed by atoms with Crippen LogP contribution in [0.25, 0.3) is 11.1 Å². The minimum atomic E-state index is -0.617. The molecule has 0 aliphatic rings. The van der Waals surface area contributed by atoms with E-state index in [1.807, 2.05) is 42.5 Å².